The van der Waals surface area contributed by atoms with E-state index in [1.54, 1.807) is 0 Å². The van der Waals surface area contributed by atoms with E-state index in [-0.39, 0.29) is 24.0 Å². The summed E-state index contributed by atoms with van der Waals surface area (Å²) in [5, 5.41) is 0. The highest BCUT2D eigenvalue weighted by Crippen LogP contribution is 2.52. The molecule has 0 radical (unpaired) electrons. The average Bonchev–Trinajstić information content (AvgIpc) is 3.07. The zero-order valence-corrected chi connectivity index (χ0v) is 12.9. The van der Waals surface area contributed by atoms with E-state index in [4.69, 9.17) is 9.47 Å². The molecule has 4 atom stereocenters. The number of fused-ring (bicyclic) bond motifs is 1. The van der Waals surface area contributed by atoms with Crippen molar-refractivity contribution in [1.82, 2.24) is 4.90 Å². The van der Waals surface area contributed by atoms with Gasteiger partial charge in [-0.05, 0) is 20.3 Å². The highest BCUT2D eigenvalue weighted by molar-refractivity contribution is 5.91. The van der Waals surface area contributed by atoms with Gasteiger partial charge >= 0.3 is 5.97 Å². The maximum absolute atomic E-state index is 12.7. The highest BCUT2D eigenvalue weighted by Gasteiger charge is 2.67. The number of esters is 1. The lowest BCUT2D eigenvalue weighted by Gasteiger charge is -2.24. The van der Waals surface area contributed by atoms with Crippen molar-refractivity contribution >= 4 is 11.9 Å². The smallest absolute Gasteiger partial charge is 0.312 e. The van der Waals surface area contributed by atoms with Crippen LogP contribution in [0.2, 0.25) is 0 Å². The van der Waals surface area contributed by atoms with Gasteiger partial charge in [-0.1, -0.05) is 25.5 Å². The van der Waals surface area contributed by atoms with Crippen LogP contribution < -0.4 is 0 Å². The number of carbonyl (C=O) groups is 2. The maximum atomic E-state index is 12.7. The lowest BCUT2D eigenvalue weighted by molar-refractivity contribution is -0.154. The third kappa shape index (κ3) is 2.09. The maximum Gasteiger partial charge on any atom is 0.312 e. The zero-order valence-electron chi connectivity index (χ0n) is 12.9. The number of likely N-dealkylation sites (tertiary alicyclic amines) is 1. The van der Waals surface area contributed by atoms with Crippen molar-refractivity contribution in [2.75, 3.05) is 13.2 Å². The monoisotopic (exact) mass is 293 g/mol. The predicted octanol–water partition coefficient (Wildman–Crippen LogP) is 1.52. The number of carbonyl (C=O) groups excluding carboxylic acids is 2. The first-order chi connectivity index (χ1) is 10.00. The van der Waals surface area contributed by atoms with Crippen LogP contribution in [0.3, 0.4) is 0 Å². The molecule has 2 saturated heterocycles. The quantitative estimate of drug-likeness (QED) is 0.438. The molecule has 3 aliphatic rings. The van der Waals surface area contributed by atoms with E-state index in [0.717, 1.165) is 12.8 Å². The molecule has 1 unspecified atom stereocenters. The summed E-state index contributed by atoms with van der Waals surface area (Å²) in [5.41, 5.74) is -0.611. The minimum Gasteiger partial charge on any atom is -0.465 e. The Morgan fingerprint density at radius 1 is 1.57 bits per heavy atom. The summed E-state index contributed by atoms with van der Waals surface area (Å²) in [6.07, 6.45) is 5.41. The summed E-state index contributed by atoms with van der Waals surface area (Å²) in [6, 6.07) is 0.116. The molecule has 0 N–H and O–H groups in total. The first-order valence-electron chi connectivity index (χ1n) is 7.84. The van der Waals surface area contributed by atoms with Gasteiger partial charge in [0.25, 0.3) is 0 Å². The second kappa shape index (κ2) is 5.13. The van der Waals surface area contributed by atoms with Gasteiger partial charge in [0.05, 0.1) is 25.2 Å². The number of hydrogen-bond acceptors (Lipinski definition) is 4. The molecule has 2 bridgehead atoms. The summed E-state index contributed by atoms with van der Waals surface area (Å²) in [7, 11) is 0. The third-order valence-electron chi connectivity index (χ3n) is 4.77. The number of amides is 1. The van der Waals surface area contributed by atoms with Gasteiger partial charge in [0, 0.05) is 6.04 Å². The summed E-state index contributed by atoms with van der Waals surface area (Å²) in [6.45, 7) is 6.98. The summed E-state index contributed by atoms with van der Waals surface area (Å²) < 4.78 is 11.3. The molecule has 1 amide bonds. The van der Waals surface area contributed by atoms with Crippen LogP contribution in [0, 0.1) is 11.8 Å². The van der Waals surface area contributed by atoms with E-state index in [0.29, 0.717) is 13.2 Å². The van der Waals surface area contributed by atoms with Gasteiger partial charge in [-0.15, -0.1) is 0 Å². The average molecular weight is 293 g/mol. The Morgan fingerprint density at radius 3 is 3.00 bits per heavy atom. The Kier molecular flexibility index (Phi) is 3.56. The van der Waals surface area contributed by atoms with Crippen molar-refractivity contribution in [2.24, 2.45) is 11.8 Å². The summed E-state index contributed by atoms with van der Waals surface area (Å²) in [4.78, 5) is 26.8. The molecule has 3 aliphatic heterocycles. The van der Waals surface area contributed by atoms with Gasteiger partial charge in [-0.25, -0.2) is 0 Å². The van der Waals surface area contributed by atoms with Gasteiger partial charge in [-0.2, -0.15) is 0 Å². The fourth-order valence-corrected chi connectivity index (χ4v) is 3.65. The topological polar surface area (TPSA) is 55.8 Å². The van der Waals surface area contributed by atoms with Crippen molar-refractivity contribution in [1.29, 1.82) is 0 Å². The standard InChI is InChI=1S/C16H23NO4/c1-4-5-8-20-15(19)12-11-6-7-16(21-11)9-17(10(2)3)14(18)13(12)16/h6-7,10-13H,4-5,8-9H2,1-3H3/t11-,12?,13+,16-/m1/s1. The number of hydrogen-bond donors (Lipinski definition) is 0. The zero-order chi connectivity index (χ0) is 15.2. The van der Waals surface area contributed by atoms with Crippen molar-refractivity contribution < 1.29 is 19.1 Å². The van der Waals surface area contributed by atoms with Gasteiger partial charge in [0.1, 0.15) is 11.5 Å². The Morgan fingerprint density at radius 2 is 2.33 bits per heavy atom. The van der Waals surface area contributed by atoms with Gasteiger partial charge in [0.2, 0.25) is 5.91 Å². The minimum absolute atomic E-state index is 0.0225. The first-order valence-corrected chi connectivity index (χ1v) is 7.84. The van der Waals surface area contributed by atoms with Crippen molar-refractivity contribution in [3.05, 3.63) is 12.2 Å². The molecular formula is C16H23NO4. The molecule has 1 spiro atoms. The molecule has 5 heteroatoms. The number of ether oxygens (including phenoxy) is 2. The van der Waals surface area contributed by atoms with E-state index >= 15 is 0 Å². The van der Waals surface area contributed by atoms with Gasteiger partial charge < -0.3 is 14.4 Å². The fraction of sp³-hybridized carbons (Fsp3) is 0.750. The molecule has 0 aromatic rings. The van der Waals surface area contributed by atoms with Gasteiger partial charge in [-0.3, -0.25) is 9.59 Å². The van der Waals surface area contributed by atoms with Crippen LogP contribution >= 0.6 is 0 Å². The molecule has 21 heavy (non-hydrogen) atoms. The lowest BCUT2D eigenvalue weighted by Crippen LogP contribution is -2.40. The van der Waals surface area contributed by atoms with Crippen LogP contribution in [-0.4, -0.2) is 47.7 Å². The second-order valence-corrected chi connectivity index (χ2v) is 6.48. The SMILES string of the molecule is CCCCOC(=O)C1[C@H]2C(=O)N(C(C)C)C[C@]23C=C[C@H]1O3. The van der Waals surface area contributed by atoms with Crippen LogP contribution in [0.5, 0.6) is 0 Å². The van der Waals surface area contributed by atoms with Crippen LogP contribution in [0.1, 0.15) is 33.6 Å². The largest absolute Gasteiger partial charge is 0.465 e. The van der Waals surface area contributed by atoms with E-state index in [1.807, 2.05) is 37.8 Å². The molecule has 0 saturated carbocycles. The predicted molar refractivity (Wildman–Crippen MR) is 76.4 cm³/mol. The second-order valence-electron chi connectivity index (χ2n) is 6.48. The molecule has 0 aromatic carbocycles. The van der Waals surface area contributed by atoms with Gasteiger partial charge in [0.15, 0.2) is 0 Å². The third-order valence-corrected chi connectivity index (χ3v) is 4.77. The number of nitrogens with zero attached hydrogens (tertiary/aromatic N) is 1. The van der Waals surface area contributed by atoms with E-state index < -0.39 is 17.4 Å². The van der Waals surface area contributed by atoms with Crippen molar-refractivity contribution in [2.45, 2.75) is 51.4 Å². The normalized spacial score (nSPS) is 36.7. The summed E-state index contributed by atoms with van der Waals surface area (Å²) in [5.74, 6) is -1.16. The molecule has 3 heterocycles. The van der Waals surface area contributed by atoms with E-state index in [9.17, 15) is 9.59 Å². The van der Waals surface area contributed by atoms with Crippen molar-refractivity contribution in [3.8, 4) is 0 Å². The molecular weight excluding hydrogens is 270 g/mol. The molecule has 116 valence electrons. The minimum atomic E-state index is -0.611. The van der Waals surface area contributed by atoms with Crippen LogP contribution in [0.4, 0.5) is 0 Å². The number of unbranched alkanes of at least 4 members (excludes halogenated alkanes) is 1. The molecule has 0 aliphatic carbocycles. The van der Waals surface area contributed by atoms with E-state index in [1.165, 1.54) is 0 Å². The highest BCUT2D eigenvalue weighted by atomic mass is 16.6. The summed E-state index contributed by atoms with van der Waals surface area (Å²) >= 11 is 0. The van der Waals surface area contributed by atoms with Crippen LogP contribution in [-0.2, 0) is 19.1 Å². The molecule has 0 aromatic heterocycles. The van der Waals surface area contributed by atoms with Crippen molar-refractivity contribution in [3.63, 3.8) is 0 Å². The van der Waals surface area contributed by atoms with E-state index in [2.05, 4.69) is 0 Å². The molecule has 3 rings (SSSR count). The lowest BCUT2D eigenvalue weighted by atomic mass is 9.77. The Labute approximate surface area is 125 Å². The fourth-order valence-electron chi connectivity index (χ4n) is 3.65. The first kappa shape index (κ1) is 14.6. The molecule has 2 fully saturated rings. The Bertz CT molecular complexity index is 487. The molecule has 5 nitrogen and oxygen atoms in total. The number of rotatable bonds is 5. The Balaban J connectivity index is 1.79. The van der Waals surface area contributed by atoms with Crippen LogP contribution in [0.15, 0.2) is 12.2 Å². The Hall–Kier alpha value is -1.36. The van der Waals surface area contributed by atoms with Crippen LogP contribution in [0.25, 0.3) is 0 Å².